The van der Waals surface area contributed by atoms with Gasteiger partial charge in [0.25, 0.3) is 0 Å². The van der Waals surface area contributed by atoms with Crippen LogP contribution >= 0.6 is 23.4 Å². The molecule has 0 atom stereocenters. The van der Waals surface area contributed by atoms with Crippen LogP contribution in [0.4, 0.5) is 0 Å². The van der Waals surface area contributed by atoms with Gasteiger partial charge in [-0.05, 0) is 12.1 Å². The van der Waals surface area contributed by atoms with Crippen LogP contribution in [-0.4, -0.2) is 16.1 Å². The number of aromatic nitrogens is 2. The van der Waals surface area contributed by atoms with Gasteiger partial charge in [0.05, 0.1) is 10.6 Å². The number of hydrogen-bond donors (Lipinski definition) is 0. The number of rotatable bonds is 4. The molecule has 0 radical (unpaired) electrons. The Morgan fingerprint density at radius 3 is 2.45 bits per heavy atom. The number of aryl methyl sites for hydroxylation is 1. The molecule has 0 bridgehead atoms. The highest BCUT2D eigenvalue weighted by molar-refractivity contribution is 7.99. The van der Waals surface area contributed by atoms with Crippen molar-refractivity contribution >= 4 is 29.6 Å². The Balaban J connectivity index is 2.08. The number of nitrogens with zero attached hydrogens (tertiary/aromatic N) is 2. The van der Waals surface area contributed by atoms with Crippen molar-refractivity contribution in [3.05, 3.63) is 65.2 Å². The normalized spacial score (nSPS) is 10.6. The third-order valence-corrected chi connectivity index (χ3v) is 4.93. The second kappa shape index (κ2) is 6.38. The predicted octanol–water partition coefficient (Wildman–Crippen LogP) is 4.70. The first-order valence-corrected chi connectivity index (χ1v) is 7.90. The van der Waals surface area contributed by atoms with Crippen LogP contribution in [0.15, 0.2) is 64.5 Å². The molecule has 2 aromatic carbocycles. The summed E-state index contributed by atoms with van der Waals surface area (Å²) < 4.78 is 1.72. The van der Waals surface area contributed by atoms with Crippen LogP contribution in [0.25, 0.3) is 11.3 Å². The van der Waals surface area contributed by atoms with Gasteiger partial charge in [-0.25, -0.2) is 0 Å². The highest BCUT2D eigenvalue weighted by atomic mass is 35.5. The number of carbonyl (C=O) groups excluding carboxylic acids is 1. The zero-order chi connectivity index (χ0) is 15.5. The van der Waals surface area contributed by atoms with E-state index in [9.17, 15) is 4.79 Å². The lowest BCUT2D eigenvalue weighted by molar-refractivity contribution is 0.112. The molecule has 0 aliphatic heterocycles. The molecule has 0 aliphatic rings. The van der Waals surface area contributed by atoms with Gasteiger partial charge < -0.3 is 0 Å². The molecule has 0 fully saturated rings. The van der Waals surface area contributed by atoms with Gasteiger partial charge in [0, 0.05) is 17.5 Å². The zero-order valence-electron chi connectivity index (χ0n) is 11.9. The van der Waals surface area contributed by atoms with E-state index in [1.54, 1.807) is 4.68 Å². The minimum Gasteiger partial charge on any atom is -0.298 e. The molecule has 0 saturated carbocycles. The maximum Gasteiger partial charge on any atom is 0.155 e. The van der Waals surface area contributed by atoms with Gasteiger partial charge >= 0.3 is 0 Å². The van der Waals surface area contributed by atoms with Crippen molar-refractivity contribution in [2.75, 3.05) is 0 Å². The lowest BCUT2D eigenvalue weighted by Crippen LogP contribution is -1.93. The number of halogens is 1. The van der Waals surface area contributed by atoms with Gasteiger partial charge in [0.15, 0.2) is 6.29 Å². The summed E-state index contributed by atoms with van der Waals surface area (Å²) in [6.45, 7) is 0. The molecule has 0 saturated heterocycles. The highest BCUT2D eigenvalue weighted by Crippen LogP contribution is 2.37. The number of hydrogen-bond acceptors (Lipinski definition) is 3. The Kier molecular flexibility index (Phi) is 4.32. The first kappa shape index (κ1) is 14.9. The molecule has 0 amide bonds. The topological polar surface area (TPSA) is 34.9 Å². The van der Waals surface area contributed by atoms with E-state index in [0.717, 1.165) is 21.8 Å². The Labute approximate surface area is 137 Å². The quantitative estimate of drug-likeness (QED) is 0.651. The molecule has 5 heteroatoms. The molecule has 0 N–H and O–H groups in total. The Bertz CT molecular complexity index is 815. The summed E-state index contributed by atoms with van der Waals surface area (Å²) in [5.74, 6) is 0. The Hall–Kier alpha value is -2.04. The largest absolute Gasteiger partial charge is 0.298 e. The maximum atomic E-state index is 11.6. The maximum absolute atomic E-state index is 11.6. The number of benzene rings is 2. The molecule has 110 valence electrons. The van der Waals surface area contributed by atoms with Gasteiger partial charge in [0.2, 0.25) is 0 Å². The minimum absolute atomic E-state index is 0.582. The predicted molar refractivity (Wildman–Crippen MR) is 89.6 cm³/mol. The summed E-state index contributed by atoms with van der Waals surface area (Å²) in [5, 5.41) is 5.94. The summed E-state index contributed by atoms with van der Waals surface area (Å²) in [5.41, 5.74) is 2.19. The molecule has 22 heavy (non-hydrogen) atoms. The Morgan fingerprint density at radius 1 is 1.09 bits per heavy atom. The van der Waals surface area contributed by atoms with E-state index in [2.05, 4.69) is 5.10 Å². The van der Waals surface area contributed by atoms with Gasteiger partial charge in [-0.3, -0.25) is 9.48 Å². The van der Waals surface area contributed by atoms with Crippen LogP contribution < -0.4 is 0 Å². The van der Waals surface area contributed by atoms with E-state index in [1.165, 1.54) is 11.8 Å². The lowest BCUT2D eigenvalue weighted by atomic mass is 10.1. The smallest absolute Gasteiger partial charge is 0.155 e. The van der Waals surface area contributed by atoms with Gasteiger partial charge in [0.1, 0.15) is 10.7 Å². The van der Waals surface area contributed by atoms with E-state index in [4.69, 9.17) is 11.6 Å². The third-order valence-electron chi connectivity index (χ3n) is 3.24. The van der Waals surface area contributed by atoms with Crippen LogP contribution in [0.2, 0.25) is 5.02 Å². The van der Waals surface area contributed by atoms with E-state index in [-0.39, 0.29) is 0 Å². The average molecular weight is 329 g/mol. The monoisotopic (exact) mass is 328 g/mol. The van der Waals surface area contributed by atoms with Crippen molar-refractivity contribution in [3.8, 4) is 11.3 Å². The summed E-state index contributed by atoms with van der Waals surface area (Å²) in [6, 6.07) is 17.2. The van der Waals surface area contributed by atoms with Crippen molar-refractivity contribution in [3.63, 3.8) is 0 Å². The lowest BCUT2D eigenvalue weighted by Gasteiger charge is -2.04. The fraction of sp³-hybridized carbons (Fsp3) is 0.0588. The molecule has 0 spiro atoms. The van der Waals surface area contributed by atoms with E-state index >= 15 is 0 Å². The zero-order valence-corrected chi connectivity index (χ0v) is 13.4. The summed E-state index contributed by atoms with van der Waals surface area (Å²) in [7, 11) is 1.83. The van der Waals surface area contributed by atoms with E-state index in [1.807, 2.05) is 61.6 Å². The van der Waals surface area contributed by atoms with Crippen molar-refractivity contribution in [2.24, 2.45) is 7.05 Å². The third kappa shape index (κ3) is 2.80. The molecule has 3 nitrogen and oxygen atoms in total. The molecule has 1 aromatic heterocycles. The molecule has 1 heterocycles. The highest BCUT2D eigenvalue weighted by Gasteiger charge is 2.18. The molecular formula is C17H13ClN2OS. The number of carbonyl (C=O) groups is 1. The Morgan fingerprint density at radius 2 is 1.77 bits per heavy atom. The molecule has 0 unspecified atom stereocenters. The summed E-state index contributed by atoms with van der Waals surface area (Å²) in [6.07, 6.45) is 0.856. The second-order valence-corrected chi connectivity index (χ2v) is 6.15. The molecule has 3 rings (SSSR count). The van der Waals surface area contributed by atoms with Crippen LogP contribution in [-0.2, 0) is 7.05 Å². The fourth-order valence-corrected chi connectivity index (χ4v) is 3.39. The average Bonchev–Trinajstić information content (AvgIpc) is 2.86. The first-order chi connectivity index (χ1) is 10.7. The summed E-state index contributed by atoms with van der Waals surface area (Å²) >= 11 is 7.65. The van der Waals surface area contributed by atoms with Gasteiger partial charge in [-0.1, -0.05) is 65.8 Å². The van der Waals surface area contributed by atoms with Crippen LogP contribution in [0.5, 0.6) is 0 Å². The molecule has 3 aromatic rings. The van der Waals surface area contributed by atoms with Crippen molar-refractivity contribution in [1.29, 1.82) is 0 Å². The minimum atomic E-state index is 0.582. The SMILES string of the molecule is Cn1nc(-c2ccccc2)c(C=O)c1Sc1ccccc1Cl. The van der Waals surface area contributed by atoms with Crippen molar-refractivity contribution in [1.82, 2.24) is 9.78 Å². The molecule has 0 aliphatic carbocycles. The van der Waals surface area contributed by atoms with Crippen molar-refractivity contribution < 1.29 is 4.79 Å². The van der Waals surface area contributed by atoms with Gasteiger partial charge in [-0.15, -0.1) is 0 Å². The van der Waals surface area contributed by atoms with Crippen molar-refractivity contribution in [2.45, 2.75) is 9.92 Å². The molecular weight excluding hydrogens is 316 g/mol. The number of aldehydes is 1. The fourth-order valence-electron chi connectivity index (χ4n) is 2.19. The summed E-state index contributed by atoms with van der Waals surface area (Å²) in [4.78, 5) is 12.5. The van der Waals surface area contributed by atoms with Crippen LogP contribution in [0.3, 0.4) is 0 Å². The first-order valence-electron chi connectivity index (χ1n) is 6.70. The van der Waals surface area contributed by atoms with Gasteiger partial charge in [-0.2, -0.15) is 5.10 Å². The second-order valence-electron chi connectivity index (χ2n) is 4.71. The van der Waals surface area contributed by atoms with E-state index < -0.39 is 0 Å². The van der Waals surface area contributed by atoms with Crippen LogP contribution in [0.1, 0.15) is 10.4 Å². The van der Waals surface area contributed by atoms with E-state index in [0.29, 0.717) is 16.3 Å². The van der Waals surface area contributed by atoms with Crippen LogP contribution in [0, 0.1) is 0 Å². The standard InChI is InChI=1S/C17H13ClN2OS/c1-20-17(22-15-10-6-5-9-14(15)18)13(11-21)16(19-20)12-7-3-2-4-8-12/h2-11H,1H3.